The molecule has 7 heteroatoms. The van der Waals surface area contributed by atoms with E-state index in [1.807, 2.05) is 11.8 Å². The number of carbonyl (C=O) groups excluding carboxylic acids is 1. The molecule has 0 aliphatic carbocycles. The van der Waals surface area contributed by atoms with Crippen LogP contribution in [0.5, 0.6) is 0 Å². The normalized spacial score (nSPS) is 26.0. The van der Waals surface area contributed by atoms with Crippen molar-refractivity contribution < 1.29 is 9.53 Å². The van der Waals surface area contributed by atoms with Crippen LogP contribution >= 0.6 is 0 Å². The summed E-state index contributed by atoms with van der Waals surface area (Å²) in [5.41, 5.74) is 0. The van der Waals surface area contributed by atoms with Crippen LogP contribution in [0.3, 0.4) is 0 Å². The van der Waals surface area contributed by atoms with Crippen molar-refractivity contribution in [3.63, 3.8) is 0 Å². The molecular weight excluding hydrogens is 294 g/mol. The first-order chi connectivity index (χ1) is 11.2. The number of fused-ring (bicyclic) bond motifs is 1. The maximum atomic E-state index is 12.3. The molecule has 23 heavy (non-hydrogen) atoms. The Kier molecular flexibility index (Phi) is 4.07. The number of carbonyl (C=O) groups is 1. The summed E-state index contributed by atoms with van der Waals surface area (Å²) in [6, 6.07) is 0.469. The summed E-state index contributed by atoms with van der Waals surface area (Å²) in [6.07, 6.45) is 4.06. The second-order valence-corrected chi connectivity index (χ2v) is 6.93. The minimum absolute atomic E-state index is 0.145. The van der Waals surface area contributed by atoms with Crippen molar-refractivity contribution in [3.8, 4) is 0 Å². The van der Waals surface area contributed by atoms with Crippen LogP contribution in [0.2, 0.25) is 0 Å². The van der Waals surface area contributed by atoms with Crippen molar-refractivity contribution in [1.29, 1.82) is 0 Å². The van der Waals surface area contributed by atoms with Gasteiger partial charge in [-0.25, -0.2) is 0 Å². The number of nitrogens with zero attached hydrogens (tertiary/aromatic N) is 5. The fraction of sp³-hybridized carbons (Fsp3) is 0.812. The molecule has 4 rings (SSSR count). The molecule has 1 atom stereocenters. The van der Waals surface area contributed by atoms with E-state index < -0.39 is 0 Å². The molecule has 0 saturated carbocycles. The third kappa shape index (κ3) is 2.99. The first-order valence-electron chi connectivity index (χ1n) is 8.73. The molecule has 1 unspecified atom stereocenters. The molecule has 0 radical (unpaired) electrons. The van der Waals surface area contributed by atoms with Crippen LogP contribution in [0.4, 0.5) is 0 Å². The van der Waals surface area contributed by atoms with E-state index in [0.717, 1.165) is 63.8 Å². The second-order valence-electron chi connectivity index (χ2n) is 6.93. The van der Waals surface area contributed by atoms with E-state index in [-0.39, 0.29) is 12.0 Å². The minimum Gasteiger partial charge on any atom is -0.378 e. The van der Waals surface area contributed by atoms with Crippen molar-refractivity contribution in [2.24, 2.45) is 0 Å². The van der Waals surface area contributed by atoms with Crippen molar-refractivity contribution >= 4 is 5.91 Å². The number of aromatic nitrogens is 3. The van der Waals surface area contributed by atoms with Gasteiger partial charge < -0.3 is 14.2 Å². The van der Waals surface area contributed by atoms with Gasteiger partial charge in [0.05, 0.1) is 19.1 Å². The molecule has 126 valence electrons. The predicted molar refractivity (Wildman–Crippen MR) is 83.7 cm³/mol. The molecule has 2 fully saturated rings. The number of rotatable bonds is 3. The van der Waals surface area contributed by atoms with E-state index in [4.69, 9.17) is 4.74 Å². The lowest BCUT2D eigenvalue weighted by atomic mass is 10.0. The average Bonchev–Trinajstić information content (AvgIpc) is 2.88. The van der Waals surface area contributed by atoms with Gasteiger partial charge in [-0.1, -0.05) is 0 Å². The molecule has 0 aromatic carbocycles. The van der Waals surface area contributed by atoms with E-state index in [0.29, 0.717) is 12.5 Å². The molecule has 7 nitrogen and oxygen atoms in total. The number of aryl methyl sites for hydroxylation is 1. The molecule has 0 spiro atoms. The van der Waals surface area contributed by atoms with Gasteiger partial charge in [0.1, 0.15) is 11.6 Å². The van der Waals surface area contributed by atoms with Crippen molar-refractivity contribution in [2.75, 3.05) is 26.2 Å². The second kappa shape index (κ2) is 6.20. The highest BCUT2D eigenvalue weighted by molar-refractivity contribution is 5.77. The van der Waals surface area contributed by atoms with E-state index >= 15 is 0 Å². The maximum absolute atomic E-state index is 12.3. The summed E-state index contributed by atoms with van der Waals surface area (Å²) < 4.78 is 7.87. The minimum atomic E-state index is 0.145. The van der Waals surface area contributed by atoms with Crippen molar-refractivity contribution in [2.45, 2.75) is 57.8 Å². The molecule has 1 amide bonds. The Balaban J connectivity index is 1.26. The van der Waals surface area contributed by atoms with Crippen LogP contribution < -0.4 is 0 Å². The van der Waals surface area contributed by atoms with Gasteiger partial charge in [-0.2, -0.15) is 0 Å². The zero-order valence-corrected chi connectivity index (χ0v) is 13.8. The molecule has 0 N–H and O–H groups in total. The molecule has 1 aromatic heterocycles. The van der Waals surface area contributed by atoms with Crippen LogP contribution in [-0.4, -0.2) is 68.9 Å². The molecule has 3 aliphatic heterocycles. The van der Waals surface area contributed by atoms with Gasteiger partial charge in [0.15, 0.2) is 0 Å². The summed E-state index contributed by atoms with van der Waals surface area (Å²) >= 11 is 0. The number of hydrogen-bond acceptors (Lipinski definition) is 5. The highest BCUT2D eigenvalue weighted by Gasteiger charge is 2.37. The van der Waals surface area contributed by atoms with Crippen LogP contribution in [0, 0.1) is 6.92 Å². The zero-order chi connectivity index (χ0) is 15.8. The fourth-order valence-electron chi connectivity index (χ4n) is 3.82. The molecule has 3 aliphatic rings. The van der Waals surface area contributed by atoms with Crippen molar-refractivity contribution in [3.05, 3.63) is 11.6 Å². The highest BCUT2D eigenvalue weighted by Crippen LogP contribution is 2.23. The number of amides is 1. The van der Waals surface area contributed by atoms with Crippen LogP contribution in [0.15, 0.2) is 0 Å². The van der Waals surface area contributed by atoms with Gasteiger partial charge in [-0.15, -0.1) is 10.2 Å². The molecule has 1 aromatic rings. The quantitative estimate of drug-likeness (QED) is 0.815. The molecule has 2 saturated heterocycles. The summed E-state index contributed by atoms with van der Waals surface area (Å²) in [4.78, 5) is 16.7. The predicted octanol–water partition coefficient (Wildman–Crippen LogP) is 0.572. The number of likely N-dealkylation sites (tertiary alicyclic amines) is 1. The zero-order valence-electron chi connectivity index (χ0n) is 13.8. The molecule has 4 heterocycles. The first-order valence-corrected chi connectivity index (χ1v) is 8.73. The Morgan fingerprint density at radius 3 is 2.91 bits per heavy atom. The summed E-state index contributed by atoms with van der Waals surface area (Å²) in [5, 5.41) is 8.40. The smallest absolute Gasteiger partial charge is 0.225 e. The Hall–Kier alpha value is -1.47. The Morgan fingerprint density at radius 2 is 2.13 bits per heavy atom. The highest BCUT2D eigenvalue weighted by atomic mass is 16.5. The van der Waals surface area contributed by atoms with E-state index in [1.54, 1.807) is 0 Å². The van der Waals surface area contributed by atoms with Crippen LogP contribution in [0.1, 0.15) is 37.3 Å². The third-order valence-corrected chi connectivity index (χ3v) is 5.38. The average molecular weight is 319 g/mol. The lowest BCUT2D eigenvalue weighted by molar-refractivity contribution is -0.143. The van der Waals surface area contributed by atoms with Gasteiger partial charge in [-0.05, 0) is 26.2 Å². The lowest BCUT2D eigenvalue weighted by Gasteiger charge is -2.46. The molecular formula is C16H25N5O2. The standard InChI is InChI=1S/C16H25N5O2/c1-12-17-18-15-11-19(5-6-21(12)15)13-9-20(10-13)16(22)8-14-4-2-3-7-23-14/h13-14H,2-11H2,1H3. The Labute approximate surface area is 136 Å². The SMILES string of the molecule is Cc1nnc2n1CCN(C1CN(C(=O)CC3CCCCO3)C1)C2. The van der Waals surface area contributed by atoms with Gasteiger partial charge in [0.2, 0.25) is 5.91 Å². The largest absolute Gasteiger partial charge is 0.378 e. The maximum Gasteiger partial charge on any atom is 0.225 e. The summed E-state index contributed by atoms with van der Waals surface area (Å²) in [6.45, 7) is 7.33. The third-order valence-electron chi connectivity index (χ3n) is 5.38. The Bertz CT molecular complexity index is 575. The van der Waals surface area contributed by atoms with Crippen molar-refractivity contribution in [1.82, 2.24) is 24.6 Å². The Morgan fingerprint density at radius 1 is 1.26 bits per heavy atom. The topological polar surface area (TPSA) is 63.5 Å². The molecule has 0 bridgehead atoms. The van der Waals surface area contributed by atoms with Crippen LogP contribution in [0.25, 0.3) is 0 Å². The van der Waals surface area contributed by atoms with Gasteiger partial charge in [0.25, 0.3) is 0 Å². The van der Waals surface area contributed by atoms with E-state index in [9.17, 15) is 4.79 Å². The van der Waals surface area contributed by atoms with E-state index in [2.05, 4.69) is 19.7 Å². The van der Waals surface area contributed by atoms with Gasteiger partial charge in [-0.3, -0.25) is 9.69 Å². The summed E-state index contributed by atoms with van der Waals surface area (Å²) in [5.74, 6) is 2.30. The number of hydrogen-bond donors (Lipinski definition) is 0. The summed E-state index contributed by atoms with van der Waals surface area (Å²) in [7, 11) is 0. The van der Waals surface area contributed by atoms with E-state index in [1.165, 1.54) is 6.42 Å². The fourth-order valence-corrected chi connectivity index (χ4v) is 3.82. The first kappa shape index (κ1) is 15.1. The number of ether oxygens (including phenoxy) is 1. The van der Waals surface area contributed by atoms with Gasteiger partial charge in [0, 0.05) is 38.8 Å². The van der Waals surface area contributed by atoms with Gasteiger partial charge >= 0.3 is 0 Å². The monoisotopic (exact) mass is 319 g/mol. The van der Waals surface area contributed by atoms with Crippen LogP contribution in [-0.2, 0) is 22.6 Å². The lowest BCUT2D eigenvalue weighted by Crippen LogP contribution is -2.62.